The van der Waals surface area contributed by atoms with E-state index in [-0.39, 0.29) is 31.0 Å². The van der Waals surface area contributed by atoms with Gasteiger partial charge in [-0.1, -0.05) is 6.92 Å². The first-order valence-electron chi connectivity index (χ1n) is 5.24. The molecule has 2 N–H and O–H groups in total. The number of carboxylic acid groups (broad SMARTS) is 1. The summed E-state index contributed by atoms with van der Waals surface area (Å²) in [6.07, 6.45) is -0.315. The normalized spacial score (nSPS) is 12.8. The molecule has 18 heavy (non-hydrogen) atoms. The van der Waals surface area contributed by atoms with Crippen molar-refractivity contribution in [3.63, 3.8) is 0 Å². The van der Waals surface area contributed by atoms with E-state index in [2.05, 4.69) is 4.72 Å². The van der Waals surface area contributed by atoms with E-state index in [0.717, 1.165) is 4.31 Å². The molecule has 0 aliphatic rings. The van der Waals surface area contributed by atoms with Crippen molar-refractivity contribution in [2.75, 3.05) is 31.6 Å². The number of aliphatic carboxylic acids is 1. The predicted molar refractivity (Wildman–Crippen MR) is 66.1 cm³/mol. The summed E-state index contributed by atoms with van der Waals surface area (Å²) in [7, 11) is -5.84. The van der Waals surface area contributed by atoms with Gasteiger partial charge in [-0.25, -0.2) is 13.1 Å². The molecule has 8 nitrogen and oxygen atoms in total. The highest BCUT2D eigenvalue weighted by Gasteiger charge is 2.18. The van der Waals surface area contributed by atoms with Crippen LogP contribution >= 0.6 is 0 Å². The SMILES string of the molecule is CCS(=O)(=O)CCNS(=O)(=O)N(C)CCC(=O)O. The molecule has 0 saturated carbocycles. The lowest BCUT2D eigenvalue weighted by atomic mass is 10.4. The molecule has 0 spiro atoms. The fraction of sp³-hybridized carbons (Fsp3) is 0.875. The number of rotatable bonds is 9. The fourth-order valence-electron chi connectivity index (χ4n) is 0.954. The summed E-state index contributed by atoms with van der Waals surface area (Å²) in [5.74, 6) is -1.44. The van der Waals surface area contributed by atoms with E-state index in [0.29, 0.717) is 0 Å². The maximum Gasteiger partial charge on any atom is 0.304 e. The molecule has 0 aliphatic carbocycles. The molecule has 0 aliphatic heterocycles. The van der Waals surface area contributed by atoms with Gasteiger partial charge in [-0.15, -0.1) is 0 Å². The van der Waals surface area contributed by atoms with Gasteiger partial charge >= 0.3 is 5.97 Å². The molecule has 0 rings (SSSR count). The maximum absolute atomic E-state index is 11.5. The van der Waals surface area contributed by atoms with Crippen molar-refractivity contribution >= 4 is 26.0 Å². The van der Waals surface area contributed by atoms with E-state index in [1.165, 1.54) is 14.0 Å². The minimum atomic E-state index is -3.83. The van der Waals surface area contributed by atoms with Crippen LogP contribution < -0.4 is 4.72 Å². The highest BCUT2D eigenvalue weighted by atomic mass is 32.2. The van der Waals surface area contributed by atoms with Crippen LogP contribution in [0.1, 0.15) is 13.3 Å². The maximum atomic E-state index is 11.5. The number of sulfone groups is 1. The summed E-state index contributed by atoms with van der Waals surface area (Å²) in [5, 5.41) is 8.42. The van der Waals surface area contributed by atoms with Crippen LogP contribution in [0, 0.1) is 0 Å². The van der Waals surface area contributed by atoms with Crippen LogP contribution in [-0.2, 0) is 24.8 Å². The van der Waals surface area contributed by atoms with Crippen LogP contribution in [0.3, 0.4) is 0 Å². The molecule has 0 aromatic carbocycles. The Morgan fingerprint density at radius 1 is 1.28 bits per heavy atom. The van der Waals surface area contributed by atoms with E-state index >= 15 is 0 Å². The van der Waals surface area contributed by atoms with Crippen molar-refractivity contribution in [3.05, 3.63) is 0 Å². The quantitative estimate of drug-likeness (QED) is 0.544. The van der Waals surface area contributed by atoms with Gasteiger partial charge in [-0.05, 0) is 0 Å². The molecule has 108 valence electrons. The Kier molecular flexibility index (Phi) is 6.74. The van der Waals surface area contributed by atoms with E-state index in [1.807, 2.05) is 0 Å². The first-order chi connectivity index (χ1) is 8.10. The first kappa shape index (κ1) is 17.3. The Bertz CT molecular complexity index is 470. The molecule has 0 radical (unpaired) electrons. The third-order valence-corrected chi connectivity index (χ3v) is 5.47. The van der Waals surface area contributed by atoms with Gasteiger partial charge in [-0.2, -0.15) is 12.7 Å². The van der Waals surface area contributed by atoms with E-state index < -0.39 is 26.0 Å². The monoisotopic (exact) mass is 302 g/mol. The molecule has 0 fully saturated rings. The molecule has 0 unspecified atom stereocenters. The van der Waals surface area contributed by atoms with Gasteiger partial charge in [-0.3, -0.25) is 4.79 Å². The second kappa shape index (κ2) is 7.02. The van der Waals surface area contributed by atoms with Gasteiger partial charge in [0.25, 0.3) is 10.2 Å². The van der Waals surface area contributed by atoms with Crippen molar-refractivity contribution in [2.45, 2.75) is 13.3 Å². The minimum Gasteiger partial charge on any atom is -0.481 e. The van der Waals surface area contributed by atoms with Crippen LogP contribution in [0.5, 0.6) is 0 Å². The average molecular weight is 302 g/mol. The highest BCUT2D eigenvalue weighted by Crippen LogP contribution is 1.96. The van der Waals surface area contributed by atoms with Crippen LogP contribution in [0.2, 0.25) is 0 Å². The number of nitrogens with zero attached hydrogens (tertiary/aromatic N) is 1. The lowest BCUT2D eigenvalue weighted by Crippen LogP contribution is -2.41. The summed E-state index contributed by atoms with van der Waals surface area (Å²) in [6, 6.07) is 0. The molecule has 0 aromatic rings. The van der Waals surface area contributed by atoms with Gasteiger partial charge in [0.1, 0.15) is 0 Å². The summed E-state index contributed by atoms with van der Waals surface area (Å²) in [6.45, 7) is 1.07. The number of hydrogen-bond donors (Lipinski definition) is 2. The molecule has 0 saturated heterocycles. The largest absolute Gasteiger partial charge is 0.481 e. The summed E-state index contributed by atoms with van der Waals surface area (Å²) in [5.41, 5.74) is 0. The highest BCUT2D eigenvalue weighted by molar-refractivity contribution is 7.91. The number of carboxylic acids is 1. The number of hydrogen-bond acceptors (Lipinski definition) is 5. The Balaban J connectivity index is 4.27. The second-order valence-corrected chi connectivity index (χ2v) is 7.94. The van der Waals surface area contributed by atoms with E-state index in [1.54, 1.807) is 0 Å². The zero-order valence-corrected chi connectivity index (χ0v) is 11.9. The topological polar surface area (TPSA) is 121 Å². The van der Waals surface area contributed by atoms with Gasteiger partial charge in [0, 0.05) is 25.9 Å². The van der Waals surface area contributed by atoms with Crippen molar-refractivity contribution < 1.29 is 26.7 Å². The van der Waals surface area contributed by atoms with Crippen molar-refractivity contribution in [1.29, 1.82) is 0 Å². The molecule has 0 heterocycles. The van der Waals surface area contributed by atoms with Crippen LogP contribution in [0.4, 0.5) is 0 Å². The molecule has 0 bridgehead atoms. The fourth-order valence-corrected chi connectivity index (χ4v) is 2.70. The Labute approximate surface area is 107 Å². The third kappa shape index (κ3) is 6.89. The van der Waals surface area contributed by atoms with E-state index in [4.69, 9.17) is 5.11 Å². The summed E-state index contributed by atoms with van der Waals surface area (Å²) < 4.78 is 48.3. The number of carbonyl (C=O) groups is 1. The molecule has 0 atom stereocenters. The molecule has 10 heteroatoms. The molecule has 0 amide bonds. The van der Waals surface area contributed by atoms with Crippen LogP contribution in [0.25, 0.3) is 0 Å². The summed E-state index contributed by atoms with van der Waals surface area (Å²) in [4.78, 5) is 10.3. The van der Waals surface area contributed by atoms with Crippen molar-refractivity contribution in [2.24, 2.45) is 0 Å². The first-order valence-corrected chi connectivity index (χ1v) is 8.50. The van der Waals surface area contributed by atoms with Gasteiger partial charge in [0.15, 0.2) is 9.84 Å². The average Bonchev–Trinajstić information content (AvgIpc) is 2.25. The molecular weight excluding hydrogens is 284 g/mol. The van der Waals surface area contributed by atoms with Gasteiger partial charge in [0.2, 0.25) is 0 Å². The van der Waals surface area contributed by atoms with Crippen molar-refractivity contribution in [3.8, 4) is 0 Å². The Morgan fingerprint density at radius 2 is 1.83 bits per heavy atom. The van der Waals surface area contributed by atoms with Gasteiger partial charge < -0.3 is 5.11 Å². The third-order valence-electron chi connectivity index (χ3n) is 2.19. The van der Waals surface area contributed by atoms with Crippen LogP contribution in [-0.4, -0.2) is 63.9 Å². The minimum absolute atomic E-state index is 0.0520. The second-order valence-electron chi connectivity index (χ2n) is 3.60. The zero-order valence-electron chi connectivity index (χ0n) is 10.3. The zero-order chi connectivity index (χ0) is 14.4. The molecular formula is C8H18N2O6S2. The van der Waals surface area contributed by atoms with Crippen LogP contribution in [0.15, 0.2) is 0 Å². The Hall–Kier alpha value is -0.710. The standard InChI is InChI=1S/C8H18N2O6S2/c1-3-17(13,14)7-5-9-18(15,16)10(2)6-4-8(11)12/h9H,3-7H2,1-2H3,(H,11,12). The predicted octanol–water partition coefficient (Wildman–Crippen LogP) is -1.34. The van der Waals surface area contributed by atoms with Gasteiger partial charge in [0.05, 0.1) is 12.2 Å². The van der Waals surface area contributed by atoms with Crippen molar-refractivity contribution in [1.82, 2.24) is 9.03 Å². The van der Waals surface area contributed by atoms with E-state index in [9.17, 15) is 21.6 Å². The lowest BCUT2D eigenvalue weighted by Gasteiger charge is -2.16. The number of nitrogens with one attached hydrogen (secondary N) is 1. The molecule has 0 aromatic heterocycles. The summed E-state index contributed by atoms with van der Waals surface area (Å²) >= 11 is 0. The Morgan fingerprint density at radius 3 is 2.28 bits per heavy atom. The smallest absolute Gasteiger partial charge is 0.304 e. The lowest BCUT2D eigenvalue weighted by molar-refractivity contribution is -0.137.